The lowest BCUT2D eigenvalue weighted by atomic mass is 10.1. The van der Waals surface area contributed by atoms with Gasteiger partial charge in [-0.1, -0.05) is 6.07 Å². The van der Waals surface area contributed by atoms with Gasteiger partial charge in [-0.25, -0.2) is 17.5 Å². The molecule has 17 heavy (non-hydrogen) atoms. The fraction of sp³-hybridized carbons (Fsp3) is 0.455. The first-order valence-corrected chi connectivity index (χ1v) is 6.97. The van der Waals surface area contributed by atoms with Crippen LogP contribution in [0.25, 0.3) is 0 Å². The van der Waals surface area contributed by atoms with Crippen LogP contribution in [0.4, 0.5) is 4.39 Å². The Morgan fingerprint density at radius 1 is 1.35 bits per heavy atom. The lowest BCUT2D eigenvalue weighted by molar-refractivity contribution is 0.583. The molecule has 0 fully saturated rings. The predicted octanol–water partition coefficient (Wildman–Crippen LogP) is 0.773. The molecule has 1 rings (SSSR count). The normalized spacial score (nSPS) is 11.7. The van der Waals surface area contributed by atoms with E-state index in [9.17, 15) is 12.8 Å². The largest absolute Gasteiger partial charge is 0.312 e. The van der Waals surface area contributed by atoms with Gasteiger partial charge < -0.3 is 5.32 Å². The second-order valence-electron chi connectivity index (χ2n) is 3.77. The van der Waals surface area contributed by atoms with Crippen LogP contribution in [-0.2, 0) is 16.6 Å². The maximum absolute atomic E-state index is 12.8. The molecule has 0 aliphatic heterocycles. The van der Waals surface area contributed by atoms with E-state index >= 15 is 0 Å². The van der Waals surface area contributed by atoms with Crippen molar-refractivity contribution in [2.24, 2.45) is 0 Å². The molecule has 0 unspecified atom stereocenters. The molecule has 0 atom stereocenters. The maximum Gasteiger partial charge on any atom is 0.212 e. The van der Waals surface area contributed by atoms with E-state index in [0.717, 1.165) is 11.1 Å². The molecule has 1 aromatic carbocycles. The molecule has 0 aliphatic carbocycles. The van der Waals surface area contributed by atoms with Crippen molar-refractivity contribution in [3.63, 3.8) is 0 Å². The first kappa shape index (κ1) is 14.1. The summed E-state index contributed by atoms with van der Waals surface area (Å²) in [6, 6.07) is 4.56. The quantitative estimate of drug-likeness (QED) is 0.743. The number of rotatable bonds is 6. The van der Waals surface area contributed by atoms with Crippen LogP contribution in [0.3, 0.4) is 0 Å². The van der Waals surface area contributed by atoms with E-state index in [1.54, 1.807) is 6.07 Å². The topological polar surface area (TPSA) is 58.2 Å². The van der Waals surface area contributed by atoms with Crippen LogP contribution in [0, 0.1) is 12.7 Å². The molecule has 0 saturated heterocycles. The van der Waals surface area contributed by atoms with Gasteiger partial charge >= 0.3 is 0 Å². The molecule has 0 spiro atoms. The minimum Gasteiger partial charge on any atom is -0.312 e. The molecule has 0 saturated carbocycles. The van der Waals surface area contributed by atoms with Gasteiger partial charge in [-0.2, -0.15) is 0 Å². The van der Waals surface area contributed by atoms with Crippen LogP contribution in [-0.4, -0.2) is 27.8 Å². The van der Waals surface area contributed by atoms with Crippen molar-refractivity contribution in [3.8, 4) is 0 Å². The minimum absolute atomic E-state index is 0.0315. The second kappa shape index (κ2) is 6.09. The standard InChI is InChI=1S/C11H17FN2O2S/c1-9-7-11(12)4-3-10(9)8-14-5-6-17(15,16)13-2/h3-4,7,13-14H,5-6,8H2,1-2H3. The fourth-order valence-corrected chi connectivity index (χ4v) is 2.01. The van der Waals surface area contributed by atoms with E-state index in [0.29, 0.717) is 13.1 Å². The summed E-state index contributed by atoms with van der Waals surface area (Å²) in [5.74, 6) is -0.229. The van der Waals surface area contributed by atoms with Crippen molar-refractivity contribution in [1.29, 1.82) is 0 Å². The van der Waals surface area contributed by atoms with Crippen LogP contribution in [0.5, 0.6) is 0 Å². The van der Waals surface area contributed by atoms with Gasteiger partial charge in [-0.15, -0.1) is 0 Å². The van der Waals surface area contributed by atoms with E-state index in [-0.39, 0.29) is 11.6 Å². The summed E-state index contributed by atoms with van der Waals surface area (Å²) >= 11 is 0. The SMILES string of the molecule is CNS(=O)(=O)CCNCc1ccc(F)cc1C. The Hall–Kier alpha value is -0.980. The summed E-state index contributed by atoms with van der Waals surface area (Å²) in [7, 11) is -1.77. The van der Waals surface area contributed by atoms with E-state index in [1.807, 2.05) is 6.92 Å². The first-order chi connectivity index (χ1) is 7.94. The van der Waals surface area contributed by atoms with Gasteiger partial charge in [0.15, 0.2) is 0 Å². The second-order valence-corrected chi connectivity index (χ2v) is 5.82. The number of halogens is 1. The highest BCUT2D eigenvalue weighted by Crippen LogP contribution is 2.09. The molecule has 0 aromatic heterocycles. The average Bonchev–Trinajstić information content (AvgIpc) is 2.27. The van der Waals surface area contributed by atoms with Gasteiger partial charge in [0.05, 0.1) is 5.75 Å². The Morgan fingerprint density at radius 2 is 2.06 bits per heavy atom. The molecular weight excluding hydrogens is 243 g/mol. The summed E-state index contributed by atoms with van der Waals surface area (Å²) in [6.07, 6.45) is 0. The smallest absolute Gasteiger partial charge is 0.212 e. The number of hydrogen-bond donors (Lipinski definition) is 2. The number of sulfonamides is 1. The van der Waals surface area contributed by atoms with Gasteiger partial charge in [0.2, 0.25) is 10.0 Å². The Morgan fingerprint density at radius 3 is 2.65 bits per heavy atom. The fourth-order valence-electron chi connectivity index (χ4n) is 1.39. The van der Waals surface area contributed by atoms with Crippen molar-refractivity contribution in [3.05, 3.63) is 35.1 Å². The van der Waals surface area contributed by atoms with E-state index in [1.165, 1.54) is 19.2 Å². The highest BCUT2D eigenvalue weighted by atomic mass is 32.2. The van der Waals surface area contributed by atoms with Crippen LogP contribution < -0.4 is 10.0 Å². The van der Waals surface area contributed by atoms with Crippen LogP contribution in [0.15, 0.2) is 18.2 Å². The van der Waals surface area contributed by atoms with Gasteiger partial charge in [0, 0.05) is 13.1 Å². The third-order valence-corrected chi connectivity index (χ3v) is 3.84. The van der Waals surface area contributed by atoms with Crippen LogP contribution in [0.2, 0.25) is 0 Å². The summed E-state index contributed by atoms with van der Waals surface area (Å²) in [4.78, 5) is 0. The number of aryl methyl sites for hydroxylation is 1. The van der Waals surface area contributed by atoms with E-state index < -0.39 is 10.0 Å². The molecule has 6 heteroatoms. The summed E-state index contributed by atoms with van der Waals surface area (Å²) in [5.41, 5.74) is 1.82. The molecule has 0 amide bonds. The third-order valence-electron chi connectivity index (χ3n) is 2.48. The van der Waals surface area contributed by atoms with Crippen molar-refractivity contribution < 1.29 is 12.8 Å². The molecule has 0 bridgehead atoms. The Bertz CT molecular complexity index is 474. The van der Waals surface area contributed by atoms with Crippen molar-refractivity contribution in [2.45, 2.75) is 13.5 Å². The van der Waals surface area contributed by atoms with Crippen LogP contribution in [0.1, 0.15) is 11.1 Å². The zero-order chi connectivity index (χ0) is 12.9. The highest BCUT2D eigenvalue weighted by Gasteiger charge is 2.06. The average molecular weight is 260 g/mol. The molecule has 2 N–H and O–H groups in total. The number of hydrogen-bond acceptors (Lipinski definition) is 3. The van der Waals surface area contributed by atoms with E-state index in [4.69, 9.17) is 0 Å². The molecular formula is C11H17FN2O2S. The van der Waals surface area contributed by atoms with E-state index in [2.05, 4.69) is 10.0 Å². The first-order valence-electron chi connectivity index (χ1n) is 5.31. The summed E-state index contributed by atoms with van der Waals surface area (Å²) < 4.78 is 37.3. The van der Waals surface area contributed by atoms with Crippen LogP contribution >= 0.6 is 0 Å². The molecule has 0 aliphatic rings. The highest BCUT2D eigenvalue weighted by molar-refractivity contribution is 7.89. The third kappa shape index (κ3) is 4.80. The summed E-state index contributed by atoms with van der Waals surface area (Å²) in [5, 5.41) is 3.01. The Kier molecular flexibility index (Phi) is 5.04. The van der Waals surface area contributed by atoms with Crippen molar-refractivity contribution in [1.82, 2.24) is 10.0 Å². The van der Waals surface area contributed by atoms with Crippen molar-refractivity contribution >= 4 is 10.0 Å². The zero-order valence-electron chi connectivity index (χ0n) is 9.96. The lowest BCUT2D eigenvalue weighted by Crippen LogP contribution is -2.29. The predicted molar refractivity (Wildman–Crippen MR) is 65.7 cm³/mol. The monoisotopic (exact) mass is 260 g/mol. The minimum atomic E-state index is -3.16. The van der Waals surface area contributed by atoms with Gasteiger partial charge in [0.25, 0.3) is 0 Å². The molecule has 1 aromatic rings. The molecule has 4 nitrogen and oxygen atoms in total. The molecule has 0 radical (unpaired) electrons. The zero-order valence-corrected chi connectivity index (χ0v) is 10.8. The molecule has 0 heterocycles. The van der Waals surface area contributed by atoms with Gasteiger partial charge in [-0.3, -0.25) is 0 Å². The number of benzene rings is 1. The Balaban J connectivity index is 2.41. The maximum atomic E-state index is 12.8. The number of nitrogens with one attached hydrogen (secondary N) is 2. The summed E-state index contributed by atoms with van der Waals surface area (Å²) in [6.45, 7) is 2.72. The van der Waals surface area contributed by atoms with Gasteiger partial charge in [0.1, 0.15) is 5.82 Å². The van der Waals surface area contributed by atoms with Crippen molar-refractivity contribution in [2.75, 3.05) is 19.3 Å². The Labute approximate surface area is 101 Å². The van der Waals surface area contributed by atoms with Gasteiger partial charge in [-0.05, 0) is 37.2 Å². The molecule has 96 valence electrons. The lowest BCUT2D eigenvalue weighted by Gasteiger charge is -2.08.